The molecule has 0 saturated heterocycles. The zero-order valence-corrected chi connectivity index (χ0v) is 79.7. The fourth-order valence-corrected chi connectivity index (χ4v) is 14.3. The van der Waals surface area contributed by atoms with E-state index in [1.807, 2.05) is 0 Å². The van der Waals surface area contributed by atoms with Crippen LogP contribution in [0.15, 0.2) is 72.8 Å². The molecule has 708 valence electrons. The molecule has 24 nitrogen and oxygen atoms in total. The third-order valence-electron chi connectivity index (χ3n) is 21.6. The molecule has 0 saturated carbocycles. The number of phenolic OH excluding ortho intramolecular Hbond substituents is 3. The first kappa shape index (κ1) is 106. The van der Waals surface area contributed by atoms with E-state index in [2.05, 4.69) is 197 Å². The molecule has 0 amide bonds. The molecular weight excluding hydrogens is 1610 g/mol. The van der Waals surface area contributed by atoms with E-state index in [0.29, 0.717) is 209 Å². The molecule has 0 aromatic heterocycles. The topological polar surface area (TPSA) is 288 Å². The molecule has 0 radical (unpaired) electrons. The van der Waals surface area contributed by atoms with Gasteiger partial charge in [0.2, 0.25) is 0 Å². The highest BCUT2D eigenvalue weighted by atomic mass is 16.6. The molecule has 0 unspecified atom stereocenters. The quantitative estimate of drug-likeness (QED) is 0.0193. The van der Waals surface area contributed by atoms with Crippen molar-refractivity contribution < 1.29 is 116 Å². The van der Waals surface area contributed by atoms with E-state index in [9.17, 15) is 15.3 Å². The second-order valence-corrected chi connectivity index (χ2v) is 38.3. The van der Waals surface area contributed by atoms with E-state index in [-0.39, 0.29) is 168 Å². The van der Waals surface area contributed by atoms with Gasteiger partial charge >= 0.3 is 0 Å². The minimum atomic E-state index is -0.378. The third-order valence-corrected chi connectivity index (χ3v) is 21.6. The highest BCUT2D eigenvalue weighted by Gasteiger charge is 2.32. The summed E-state index contributed by atoms with van der Waals surface area (Å²) in [5.41, 5.74) is 13.4. The van der Waals surface area contributed by atoms with Crippen molar-refractivity contribution >= 4 is 0 Å². The normalized spacial score (nSPS) is 13.2. The minimum absolute atomic E-state index is 0.0266. The summed E-state index contributed by atoms with van der Waals surface area (Å²) in [7, 11) is 0. The molecule has 0 heterocycles. The van der Waals surface area contributed by atoms with Crippen LogP contribution in [0.1, 0.15) is 225 Å². The molecular formula is C102H156O24. The fraction of sp³-hybridized carbons (Fsp3) is 0.647. The second-order valence-electron chi connectivity index (χ2n) is 38.3. The van der Waals surface area contributed by atoms with E-state index in [1.54, 1.807) is 0 Å². The molecule has 6 aromatic rings. The van der Waals surface area contributed by atoms with Gasteiger partial charge in [0, 0.05) is 38.5 Å². The van der Waals surface area contributed by atoms with Gasteiger partial charge < -0.3 is 116 Å². The van der Waals surface area contributed by atoms with Crippen LogP contribution in [-0.2, 0) is 142 Å². The van der Waals surface area contributed by atoms with Crippen molar-refractivity contribution in [3.8, 4) is 34.5 Å². The Balaban J connectivity index is 1.37. The number of phenols is 3. The lowest BCUT2D eigenvalue weighted by Crippen LogP contribution is -2.18. The summed E-state index contributed by atoms with van der Waals surface area (Å²) in [5.74, 6) is 2.36. The Morgan fingerprint density at radius 3 is 0.405 bits per heavy atom. The third kappa shape index (κ3) is 37.3. The highest BCUT2D eigenvalue weighted by molar-refractivity contribution is 5.61. The molecule has 7 rings (SSSR count). The average molecular weight is 1770 g/mol. The number of benzene rings is 6. The smallest absolute Gasteiger partial charge is 0.126 e. The van der Waals surface area contributed by atoms with Gasteiger partial charge in [0.1, 0.15) is 54.3 Å². The molecule has 6 N–H and O–H groups in total. The van der Waals surface area contributed by atoms with Gasteiger partial charge in [-0.1, -0.05) is 197 Å². The van der Waals surface area contributed by atoms with Gasteiger partial charge in [-0.3, -0.25) is 0 Å². The van der Waals surface area contributed by atoms with Crippen LogP contribution < -0.4 is 14.2 Å². The number of hydrogen-bond acceptors (Lipinski definition) is 24. The van der Waals surface area contributed by atoms with Gasteiger partial charge in [-0.05, 0) is 133 Å². The van der Waals surface area contributed by atoms with Crippen LogP contribution >= 0.6 is 0 Å². The van der Waals surface area contributed by atoms with Crippen molar-refractivity contribution in [2.24, 2.45) is 0 Å². The molecule has 1 aliphatic rings. The fourth-order valence-electron chi connectivity index (χ4n) is 14.3. The number of hydrogen-bond donors (Lipinski definition) is 6. The Morgan fingerprint density at radius 1 is 0.175 bits per heavy atom. The van der Waals surface area contributed by atoms with Gasteiger partial charge in [-0.2, -0.15) is 0 Å². The van der Waals surface area contributed by atoms with Crippen LogP contribution in [0.4, 0.5) is 0 Å². The Kier molecular flexibility index (Phi) is 45.8. The highest BCUT2D eigenvalue weighted by Crippen LogP contribution is 2.46. The second kappa shape index (κ2) is 54.3. The van der Waals surface area contributed by atoms with Crippen LogP contribution in [0.5, 0.6) is 34.5 Å². The Hall–Kier alpha value is -6.60. The Labute approximate surface area is 753 Å². The number of ether oxygens (including phenoxy) is 18. The van der Waals surface area contributed by atoms with Crippen molar-refractivity contribution in [1.82, 2.24) is 0 Å². The van der Waals surface area contributed by atoms with E-state index >= 15 is 0 Å². The lowest BCUT2D eigenvalue weighted by molar-refractivity contribution is -0.0147. The maximum atomic E-state index is 13.4. The van der Waals surface area contributed by atoms with Crippen molar-refractivity contribution in [1.29, 1.82) is 0 Å². The van der Waals surface area contributed by atoms with E-state index in [1.165, 1.54) is 0 Å². The Morgan fingerprint density at radius 2 is 0.286 bits per heavy atom. The molecule has 24 heteroatoms. The van der Waals surface area contributed by atoms with Crippen molar-refractivity contribution in [2.45, 2.75) is 196 Å². The zero-order chi connectivity index (χ0) is 91.8. The largest absolute Gasteiger partial charge is 0.507 e. The van der Waals surface area contributed by atoms with Crippen molar-refractivity contribution in [3.63, 3.8) is 0 Å². The van der Waals surface area contributed by atoms with Crippen LogP contribution in [0.3, 0.4) is 0 Å². The molecule has 0 atom stereocenters. The van der Waals surface area contributed by atoms with Crippen LogP contribution in [0, 0.1) is 0 Å². The number of aliphatic hydroxyl groups excluding tert-OH is 3. The van der Waals surface area contributed by atoms with Gasteiger partial charge in [0.05, 0.1) is 218 Å². The first-order chi connectivity index (χ1) is 60.0. The monoisotopic (exact) mass is 1770 g/mol. The van der Waals surface area contributed by atoms with Gasteiger partial charge in [-0.25, -0.2) is 0 Å². The lowest BCUT2D eigenvalue weighted by Gasteiger charge is -2.28. The summed E-state index contributed by atoms with van der Waals surface area (Å²) in [6.07, 6.45) is 1.65. The predicted molar refractivity (Wildman–Crippen MR) is 493 cm³/mol. The number of aromatic hydroxyl groups is 3. The summed E-state index contributed by atoms with van der Waals surface area (Å²) < 4.78 is 108. The minimum Gasteiger partial charge on any atom is -0.507 e. The molecule has 0 fully saturated rings. The zero-order valence-electron chi connectivity index (χ0n) is 79.7. The summed E-state index contributed by atoms with van der Waals surface area (Å²) in [6.45, 7) is 50.9. The van der Waals surface area contributed by atoms with E-state index < -0.39 is 0 Å². The van der Waals surface area contributed by atoms with Crippen molar-refractivity contribution in [2.75, 3.05) is 238 Å². The Bertz CT molecular complexity index is 3570. The van der Waals surface area contributed by atoms with Gasteiger partial charge in [-0.15, -0.1) is 0 Å². The molecule has 12 bridgehead atoms. The molecule has 6 aromatic carbocycles. The number of aliphatic hydroxyl groups is 3. The molecule has 126 heavy (non-hydrogen) atoms. The maximum absolute atomic E-state index is 13.4. The van der Waals surface area contributed by atoms with Crippen LogP contribution in [0.25, 0.3) is 0 Å². The van der Waals surface area contributed by atoms with Crippen LogP contribution in [-0.4, -0.2) is 268 Å². The summed E-state index contributed by atoms with van der Waals surface area (Å²) in [5, 5.41) is 67.2. The van der Waals surface area contributed by atoms with Crippen LogP contribution in [0.2, 0.25) is 0 Å². The number of fused-ring (bicyclic) bond motifs is 12. The maximum Gasteiger partial charge on any atom is 0.126 e. The van der Waals surface area contributed by atoms with E-state index in [0.717, 1.165) is 66.8 Å². The first-order valence-electron chi connectivity index (χ1n) is 45.4. The van der Waals surface area contributed by atoms with Gasteiger partial charge in [0.15, 0.2) is 0 Å². The summed E-state index contributed by atoms with van der Waals surface area (Å²) in [4.78, 5) is 0. The molecule has 0 spiro atoms. The average Bonchev–Trinajstić information content (AvgIpc) is 0.766. The first-order valence-corrected chi connectivity index (χ1v) is 45.4. The lowest BCUT2D eigenvalue weighted by atomic mass is 9.79. The SMILES string of the molecule is CC(C)(C)c1cc2c(O)c(c1)Cc1cc(C(C)(C)C)cc(c1OCCOCCOCCOCCOCCOCCO)Cc1cc(C(C)(C)C)cc(c1O)Cc1cc(C(C)(C)C)cc(c1OCCOCCOCCOCCOCCOCCO)Cc1cc(C(C)(C)C)cc(c1O)Cc1cc(C(C)(C)C)cc(c1OCCOCCOCCOCCOCCOCCO)C2. The standard InChI is InChI=1S/C102H156O24/c1-97(2,3)85-61-73-55-79-67-88(100(10,11)12)69-81(94(79)124-52-49-121-46-43-118-40-37-115-34-31-112-28-25-109-22-19-103)57-75-63-86(98(4,5)6)65-77(92(75)107)59-83-71-90(102(16,17)18)72-84(96(83)126-54-51-123-48-45-120-42-39-117-36-33-114-30-27-111-24-21-105)60-78-66-87(99(7,8)9)64-76(93(78)108)58-82-70-89(101(13,14)15)68-80(56-74(62-85)91(73)106)95(82)125-53-50-122-47-44-119-41-38-116-35-32-113-29-26-110-23-20-104/h61-72,103-108H,19-60H2,1-18H3. The van der Waals surface area contributed by atoms with Crippen molar-refractivity contribution in [3.05, 3.63) is 173 Å². The predicted octanol–water partition coefficient (Wildman–Crippen LogP) is 14.8. The number of rotatable bonds is 54. The summed E-state index contributed by atoms with van der Waals surface area (Å²) in [6, 6.07) is 26.2. The van der Waals surface area contributed by atoms with Gasteiger partial charge in [0.25, 0.3) is 0 Å². The summed E-state index contributed by atoms with van der Waals surface area (Å²) >= 11 is 0. The molecule has 1 aliphatic carbocycles. The van der Waals surface area contributed by atoms with E-state index in [4.69, 9.17) is 101 Å². The molecule has 0 aliphatic heterocycles.